The van der Waals surface area contributed by atoms with E-state index < -0.39 is 0 Å². The Balaban J connectivity index is 1.80. The van der Waals surface area contributed by atoms with Gasteiger partial charge in [-0.05, 0) is 40.0 Å². The number of methoxy groups -OCH3 is 2. The second-order valence-electron chi connectivity index (χ2n) is 6.04. The SMILES string of the molecule is CN=C(NCc1ccc(OC)c(Br)c1)N1CCC(COCCOC)C1. The molecule has 1 aromatic rings. The zero-order valence-corrected chi connectivity index (χ0v) is 16.8. The summed E-state index contributed by atoms with van der Waals surface area (Å²) in [4.78, 5) is 6.71. The number of nitrogens with zero attached hydrogens (tertiary/aromatic N) is 2. The van der Waals surface area contributed by atoms with Crippen LogP contribution in [0, 0.1) is 5.92 Å². The molecule has 0 bridgehead atoms. The maximum atomic E-state index is 5.65. The minimum Gasteiger partial charge on any atom is -0.496 e. The van der Waals surface area contributed by atoms with E-state index in [1.165, 1.54) is 5.56 Å². The van der Waals surface area contributed by atoms with Crippen LogP contribution in [0.4, 0.5) is 0 Å². The maximum Gasteiger partial charge on any atom is 0.193 e. The normalized spacial score (nSPS) is 17.8. The lowest BCUT2D eigenvalue weighted by Gasteiger charge is -2.22. The smallest absolute Gasteiger partial charge is 0.193 e. The van der Waals surface area contributed by atoms with Gasteiger partial charge in [-0.3, -0.25) is 4.99 Å². The third-order valence-electron chi connectivity index (χ3n) is 4.25. The van der Waals surface area contributed by atoms with Crippen molar-refractivity contribution in [2.45, 2.75) is 13.0 Å². The lowest BCUT2D eigenvalue weighted by Crippen LogP contribution is -2.39. The van der Waals surface area contributed by atoms with Crippen LogP contribution < -0.4 is 10.1 Å². The molecule has 2 rings (SSSR count). The Morgan fingerprint density at radius 2 is 2.20 bits per heavy atom. The van der Waals surface area contributed by atoms with E-state index in [9.17, 15) is 0 Å². The van der Waals surface area contributed by atoms with Gasteiger partial charge in [-0.25, -0.2) is 0 Å². The van der Waals surface area contributed by atoms with Crippen LogP contribution in [-0.4, -0.2) is 65.0 Å². The Bertz CT molecular complexity index is 568. The molecule has 1 N–H and O–H groups in total. The summed E-state index contributed by atoms with van der Waals surface area (Å²) in [5.41, 5.74) is 1.17. The molecule has 1 fully saturated rings. The monoisotopic (exact) mass is 413 g/mol. The standard InChI is InChI=1S/C18H28BrN3O3/c1-20-18(21-11-14-4-5-17(24-3)16(19)10-14)22-7-6-15(12-22)13-25-9-8-23-2/h4-5,10,15H,6-9,11-13H2,1-3H3,(H,20,21). The number of guanidine groups is 1. The lowest BCUT2D eigenvalue weighted by atomic mass is 10.1. The molecule has 1 aliphatic heterocycles. The van der Waals surface area contributed by atoms with Gasteiger partial charge in [-0.1, -0.05) is 6.07 Å². The van der Waals surface area contributed by atoms with Gasteiger partial charge < -0.3 is 24.4 Å². The fraction of sp³-hybridized carbons (Fsp3) is 0.611. The summed E-state index contributed by atoms with van der Waals surface area (Å²) in [6.07, 6.45) is 1.13. The van der Waals surface area contributed by atoms with Gasteiger partial charge >= 0.3 is 0 Å². The molecular weight excluding hydrogens is 386 g/mol. The largest absolute Gasteiger partial charge is 0.496 e. The zero-order valence-electron chi connectivity index (χ0n) is 15.3. The third kappa shape index (κ3) is 6.17. The highest BCUT2D eigenvalue weighted by Crippen LogP contribution is 2.25. The quantitative estimate of drug-likeness (QED) is 0.403. The average molecular weight is 414 g/mol. The van der Waals surface area contributed by atoms with Crippen LogP contribution in [0.1, 0.15) is 12.0 Å². The van der Waals surface area contributed by atoms with Crippen molar-refractivity contribution in [1.82, 2.24) is 10.2 Å². The molecule has 0 amide bonds. The summed E-state index contributed by atoms with van der Waals surface area (Å²) in [5, 5.41) is 3.44. The molecule has 0 aromatic heterocycles. The lowest BCUT2D eigenvalue weighted by molar-refractivity contribution is 0.0536. The van der Waals surface area contributed by atoms with Crippen molar-refractivity contribution in [3.8, 4) is 5.75 Å². The van der Waals surface area contributed by atoms with Crippen molar-refractivity contribution in [2.75, 3.05) is 54.2 Å². The molecule has 0 radical (unpaired) electrons. The second-order valence-corrected chi connectivity index (χ2v) is 6.89. The topological polar surface area (TPSA) is 55.3 Å². The minimum atomic E-state index is 0.547. The highest BCUT2D eigenvalue weighted by Gasteiger charge is 2.24. The minimum absolute atomic E-state index is 0.547. The van der Waals surface area contributed by atoms with Crippen LogP contribution in [0.5, 0.6) is 5.75 Å². The van der Waals surface area contributed by atoms with Crippen molar-refractivity contribution < 1.29 is 14.2 Å². The van der Waals surface area contributed by atoms with Crippen molar-refractivity contribution >= 4 is 21.9 Å². The van der Waals surface area contributed by atoms with Gasteiger partial charge in [-0.2, -0.15) is 0 Å². The van der Waals surface area contributed by atoms with Crippen LogP contribution in [0.25, 0.3) is 0 Å². The first-order valence-corrected chi connectivity index (χ1v) is 9.32. The number of benzene rings is 1. The van der Waals surface area contributed by atoms with Gasteiger partial charge in [0, 0.05) is 39.7 Å². The van der Waals surface area contributed by atoms with E-state index in [1.54, 1.807) is 14.2 Å². The molecule has 0 saturated carbocycles. The fourth-order valence-electron chi connectivity index (χ4n) is 2.89. The molecule has 1 atom stereocenters. The number of rotatable bonds is 8. The number of ether oxygens (including phenoxy) is 3. The second kappa shape index (κ2) is 10.6. The zero-order chi connectivity index (χ0) is 18.1. The molecule has 1 heterocycles. The Morgan fingerprint density at radius 1 is 1.36 bits per heavy atom. The highest BCUT2D eigenvalue weighted by molar-refractivity contribution is 9.10. The molecule has 0 spiro atoms. The first-order chi connectivity index (χ1) is 12.2. The molecule has 1 unspecified atom stereocenters. The summed E-state index contributed by atoms with van der Waals surface area (Å²) in [6, 6.07) is 6.09. The number of halogens is 1. The van der Waals surface area contributed by atoms with Crippen LogP contribution in [0.2, 0.25) is 0 Å². The Hall–Kier alpha value is -1.31. The fourth-order valence-corrected chi connectivity index (χ4v) is 3.47. The predicted molar refractivity (Wildman–Crippen MR) is 103 cm³/mol. The van der Waals surface area contributed by atoms with E-state index in [1.807, 2.05) is 13.1 Å². The molecule has 1 saturated heterocycles. The van der Waals surface area contributed by atoms with Crippen LogP contribution >= 0.6 is 15.9 Å². The predicted octanol–water partition coefficient (Wildman–Crippen LogP) is 2.52. The maximum absolute atomic E-state index is 5.65. The number of aliphatic imine (C=N–C) groups is 1. The molecule has 1 aromatic carbocycles. The van der Waals surface area contributed by atoms with Crippen molar-refractivity contribution in [3.63, 3.8) is 0 Å². The van der Waals surface area contributed by atoms with E-state index >= 15 is 0 Å². The summed E-state index contributed by atoms with van der Waals surface area (Å²) >= 11 is 3.52. The number of hydrogen-bond donors (Lipinski definition) is 1. The average Bonchev–Trinajstić information content (AvgIpc) is 3.08. The van der Waals surface area contributed by atoms with Crippen LogP contribution in [0.3, 0.4) is 0 Å². The summed E-state index contributed by atoms with van der Waals surface area (Å²) in [5.74, 6) is 2.32. The van der Waals surface area contributed by atoms with E-state index in [-0.39, 0.29) is 0 Å². The van der Waals surface area contributed by atoms with Crippen LogP contribution in [-0.2, 0) is 16.0 Å². The number of likely N-dealkylation sites (tertiary alicyclic amines) is 1. The molecule has 140 valence electrons. The first kappa shape index (κ1) is 20.0. The van der Waals surface area contributed by atoms with E-state index in [0.717, 1.165) is 48.8 Å². The van der Waals surface area contributed by atoms with E-state index in [2.05, 4.69) is 43.3 Å². The van der Waals surface area contributed by atoms with E-state index in [0.29, 0.717) is 19.1 Å². The number of hydrogen-bond acceptors (Lipinski definition) is 4. The van der Waals surface area contributed by atoms with Gasteiger partial charge in [-0.15, -0.1) is 0 Å². The van der Waals surface area contributed by atoms with Gasteiger partial charge in [0.25, 0.3) is 0 Å². The summed E-state index contributed by atoms with van der Waals surface area (Å²) in [7, 11) is 5.19. The van der Waals surface area contributed by atoms with Crippen molar-refractivity contribution in [1.29, 1.82) is 0 Å². The van der Waals surface area contributed by atoms with E-state index in [4.69, 9.17) is 14.2 Å². The Morgan fingerprint density at radius 3 is 2.88 bits per heavy atom. The molecule has 1 aliphatic rings. The Labute approximate surface area is 158 Å². The van der Waals surface area contributed by atoms with Gasteiger partial charge in [0.2, 0.25) is 0 Å². The summed E-state index contributed by atoms with van der Waals surface area (Å²) in [6.45, 7) is 4.79. The van der Waals surface area contributed by atoms with Crippen molar-refractivity contribution in [2.24, 2.45) is 10.9 Å². The summed E-state index contributed by atoms with van der Waals surface area (Å²) < 4.78 is 16.9. The molecule has 25 heavy (non-hydrogen) atoms. The highest BCUT2D eigenvalue weighted by atomic mass is 79.9. The van der Waals surface area contributed by atoms with Gasteiger partial charge in [0.15, 0.2) is 5.96 Å². The van der Waals surface area contributed by atoms with Crippen molar-refractivity contribution in [3.05, 3.63) is 28.2 Å². The first-order valence-electron chi connectivity index (χ1n) is 8.52. The molecule has 0 aliphatic carbocycles. The molecular formula is C18H28BrN3O3. The molecule has 7 heteroatoms. The number of nitrogens with one attached hydrogen (secondary N) is 1. The van der Waals surface area contributed by atoms with Gasteiger partial charge in [0.05, 0.1) is 31.4 Å². The molecule has 6 nitrogen and oxygen atoms in total. The van der Waals surface area contributed by atoms with Crippen LogP contribution in [0.15, 0.2) is 27.7 Å². The van der Waals surface area contributed by atoms with Gasteiger partial charge in [0.1, 0.15) is 5.75 Å². The Kier molecular flexibility index (Phi) is 8.51. The third-order valence-corrected chi connectivity index (χ3v) is 4.87.